The largest absolute Gasteiger partial charge is 0.364 e. The predicted octanol–water partition coefficient (Wildman–Crippen LogP) is 2.63. The normalized spacial score (nSPS) is 15.9. The zero-order valence-corrected chi connectivity index (χ0v) is 16.2. The second kappa shape index (κ2) is 8.78. The standard InChI is InChI=1S/C17H22ClF2N7O/c1-2-12-15(18)25-17(14(24-12)16(21)28)23-10-7-22-27(8-10)11-3-5-26(6-4-11)9-13(19)20/h7-8,11,13H,2-6,9H2,1H3,(H2,21,28)(H,23,25). The van der Waals surface area contributed by atoms with Crippen molar-refractivity contribution in [1.29, 1.82) is 0 Å². The number of likely N-dealkylation sites (tertiary alicyclic amines) is 1. The Hall–Kier alpha value is -2.33. The quantitative estimate of drug-likeness (QED) is 0.723. The SMILES string of the molecule is CCc1nc(C(N)=O)c(Nc2cnn(C3CCN(CC(F)F)CC3)c2)nc1Cl. The molecule has 152 valence electrons. The van der Waals surface area contributed by atoms with Crippen LogP contribution in [-0.4, -0.2) is 56.6 Å². The number of carbonyl (C=O) groups excluding carboxylic acids is 1. The van der Waals surface area contributed by atoms with Gasteiger partial charge in [-0.3, -0.25) is 14.4 Å². The number of nitrogens with one attached hydrogen (secondary N) is 1. The molecule has 1 fully saturated rings. The van der Waals surface area contributed by atoms with Crippen molar-refractivity contribution >= 4 is 29.0 Å². The van der Waals surface area contributed by atoms with Gasteiger partial charge in [0, 0.05) is 19.3 Å². The van der Waals surface area contributed by atoms with E-state index in [0.29, 0.717) is 30.9 Å². The minimum Gasteiger partial charge on any atom is -0.364 e. The summed E-state index contributed by atoms with van der Waals surface area (Å²) in [5.74, 6) is -0.541. The number of nitrogens with two attached hydrogens (primary N) is 1. The van der Waals surface area contributed by atoms with E-state index >= 15 is 0 Å². The molecule has 3 rings (SSSR count). The minimum atomic E-state index is -2.32. The summed E-state index contributed by atoms with van der Waals surface area (Å²) in [4.78, 5) is 21.9. The summed E-state index contributed by atoms with van der Waals surface area (Å²) < 4.78 is 26.8. The number of amides is 1. The number of aromatic nitrogens is 4. The van der Waals surface area contributed by atoms with E-state index in [9.17, 15) is 13.6 Å². The average molecular weight is 414 g/mol. The molecule has 0 aliphatic carbocycles. The van der Waals surface area contributed by atoms with Gasteiger partial charge in [-0.25, -0.2) is 18.7 Å². The molecule has 3 heterocycles. The van der Waals surface area contributed by atoms with E-state index < -0.39 is 12.3 Å². The van der Waals surface area contributed by atoms with Gasteiger partial charge in [0.1, 0.15) is 0 Å². The third kappa shape index (κ3) is 4.74. The van der Waals surface area contributed by atoms with Gasteiger partial charge in [-0.1, -0.05) is 18.5 Å². The van der Waals surface area contributed by atoms with Crippen LogP contribution in [0.15, 0.2) is 12.4 Å². The number of piperidine rings is 1. The Morgan fingerprint density at radius 3 is 2.71 bits per heavy atom. The van der Waals surface area contributed by atoms with Gasteiger partial charge in [-0.15, -0.1) is 0 Å². The van der Waals surface area contributed by atoms with Crippen molar-refractivity contribution < 1.29 is 13.6 Å². The number of carbonyl (C=O) groups is 1. The first kappa shape index (κ1) is 20.4. The number of alkyl halides is 2. The number of primary amides is 1. The van der Waals surface area contributed by atoms with Crippen molar-refractivity contribution in [2.45, 2.75) is 38.7 Å². The summed E-state index contributed by atoms with van der Waals surface area (Å²) in [5.41, 5.74) is 6.51. The highest BCUT2D eigenvalue weighted by Gasteiger charge is 2.23. The zero-order chi connectivity index (χ0) is 20.3. The molecular formula is C17H22ClF2N7O. The van der Waals surface area contributed by atoms with Gasteiger partial charge in [-0.05, 0) is 19.3 Å². The Kier molecular flexibility index (Phi) is 6.40. The monoisotopic (exact) mass is 413 g/mol. The maximum Gasteiger partial charge on any atom is 0.271 e. The molecule has 2 aromatic heterocycles. The Morgan fingerprint density at radius 1 is 1.39 bits per heavy atom. The van der Waals surface area contributed by atoms with Crippen LogP contribution in [0.5, 0.6) is 0 Å². The fourth-order valence-corrected chi connectivity index (χ4v) is 3.49. The fourth-order valence-electron chi connectivity index (χ4n) is 3.23. The molecule has 1 saturated heterocycles. The lowest BCUT2D eigenvalue weighted by atomic mass is 10.1. The van der Waals surface area contributed by atoms with Gasteiger partial charge in [-0.2, -0.15) is 5.10 Å². The lowest BCUT2D eigenvalue weighted by Crippen LogP contribution is -2.37. The van der Waals surface area contributed by atoms with Crippen LogP contribution in [0.4, 0.5) is 20.3 Å². The summed E-state index contributed by atoms with van der Waals surface area (Å²) in [6.45, 7) is 2.86. The Balaban J connectivity index is 1.70. The Morgan fingerprint density at radius 2 is 2.11 bits per heavy atom. The van der Waals surface area contributed by atoms with E-state index in [2.05, 4.69) is 20.4 Å². The van der Waals surface area contributed by atoms with Crippen molar-refractivity contribution in [3.63, 3.8) is 0 Å². The van der Waals surface area contributed by atoms with Crippen LogP contribution >= 0.6 is 11.6 Å². The molecule has 0 saturated carbocycles. The average Bonchev–Trinajstić information content (AvgIpc) is 3.10. The van der Waals surface area contributed by atoms with Gasteiger partial charge in [0.05, 0.1) is 30.2 Å². The molecular weight excluding hydrogens is 392 g/mol. The first-order chi connectivity index (χ1) is 13.4. The van der Waals surface area contributed by atoms with Crippen LogP contribution in [0.2, 0.25) is 5.15 Å². The smallest absolute Gasteiger partial charge is 0.271 e. The number of anilines is 2. The Bertz CT molecular complexity index is 837. The van der Waals surface area contributed by atoms with E-state index in [4.69, 9.17) is 17.3 Å². The molecule has 0 atom stereocenters. The molecule has 0 bridgehead atoms. The molecule has 0 radical (unpaired) electrons. The maximum absolute atomic E-state index is 12.5. The minimum absolute atomic E-state index is 0.00862. The zero-order valence-electron chi connectivity index (χ0n) is 15.4. The lowest BCUT2D eigenvalue weighted by Gasteiger charge is -2.31. The summed E-state index contributed by atoms with van der Waals surface area (Å²) in [5, 5.41) is 7.53. The summed E-state index contributed by atoms with van der Waals surface area (Å²) in [7, 11) is 0. The second-order valence-corrected chi connectivity index (χ2v) is 6.99. The molecule has 3 N–H and O–H groups in total. The van der Waals surface area contributed by atoms with E-state index in [0.717, 1.165) is 12.8 Å². The highest BCUT2D eigenvalue weighted by molar-refractivity contribution is 6.30. The highest BCUT2D eigenvalue weighted by Crippen LogP contribution is 2.26. The lowest BCUT2D eigenvalue weighted by molar-refractivity contribution is 0.0690. The van der Waals surface area contributed by atoms with E-state index in [1.807, 2.05) is 6.92 Å². The Labute approximate surface area is 166 Å². The molecule has 8 nitrogen and oxygen atoms in total. The number of nitrogens with zero attached hydrogens (tertiary/aromatic N) is 5. The topological polar surface area (TPSA) is 102 Å². The van der Waals surface area contributed by atoms with E-state index in [1.54, 1.807) is 22.0 Å². The summed E-state index contributed by atoms with van der Waals surface area (Å²) in [6.07, 6.45) is 3.05. The van der Waals surface area contributed by atoms with Crippen LogP contribution < -0.4 is 11.1 Å². The number of aryl methyl sites for hydroxylation is 1. The van der Waals surface area contributed by atoms with Crippen molar-refractivity contribution in [2.24, 2.45) is 5.73 Å². The van der Waals surface area contributed by atoms with Crippen LogP contribution in [0.3, 0.4) is 0 Å². The fraction of sp³-hybridized carbons (Fsp3) is 0.529. The van der Waals surface area contributed by atoms with Crippen molar-refractivity contribution in [2.75, 3.05) is 25.0 Å². The number of rotatable bonds is 7. The second-order valence-electron chi connectivity index (χ2n) is 6.63. The third-order valence-corrected chi connectivity index (χ3v) is 4.98. The van der Waals surface area contributed by atoms with Crippen LogP contribution in [0, 0.1) is 0 Å². The van der Waals surface area contributed by atoms with E-state index in [1.165, 1.54) is 0 Å². The van der Waals surface area contributed by atoms with Crippen molar-refractivity contribution in [3.8, 4) is 0 Å². The molecule has 1 amide bonds. The summed E-state index contributed by atoms with van der Waals surface area (Å²) in [6, 6.07) is 0.122. The molecule has 1 aliphatic heterocycles. The van der Waals surface area contributed by atoms with Gasteiger partial charge in [0.2, 0.25) is 0 Å². The van der Waals surface area contributed by atoms with Crippen molar-refractivity contribution in [1.82, 2.24) is 24.6 Å². The first-order valence-electron chi connectivity index (χ1n) is 9.05. The first-order valence-corrected chi connectivity index (χ1v) is 9.43. The molecule has 0 unspecified atom stereocenters. The number of hydrogen-bond donors (Lipinski definition) is 2. The molecule has 28 heavy (non-hydrogen) atoms. The number of hydrogen-bond acceptors (Lipinski definition) is 6. The number of halogens is 3. The highest BCUT2D eigenvalue weighted by atomic mass is 35.5. The molecule has 0 spiro atoms. The molecule has 11 heteroatoms. The van der Waals surface area contributed by atoms with Gasteiger partial charge in [0.15, 0.2) is 16.7 Å². The molecule has 0 aromatic carbocycles. The van der Waals surface area contributed by atoms with Gasteiger partial charge in [0.25, 0.3) is 12.3 Å². The van der Waals surface area contributed by atoms with Crippen LogP contribution in [-0.2, 0) is 6.42 Å². The molecule has 2 aromatic rings. The van der Waals surface area contributed by atoms with Gasteiger partial charge < -0.3 is 11.1 Å². The summed E-state index contributed by atoms with van der Waals surface area (Å²) >= 11 is 6.10. The predicted molar refractivity (Wildman–Crippen MR) is 101 cm³/mol. The maximum atomic E-state index is 12.5. The van der Waals surface area contributed by atoms with Gasteiger partial charge >= 0.3 is 0 Å². The van der Waals surface area contributed by atoms with Crippen LogP contribution in [0.1, 0.15) is 42.0 Å². The van der Waals surface area contributed by atoms with Crippen LogP contribution in [0.25, 0.3) is 0 Å². The van der Waals surface area contributed by atoms with E-state index in [-0.39, 0.29) is 29.3 Å². The third-order valence-electron chi connectivity index (χ3n) is 4.68. The molecule has 1 aliphatic rings. The van der Waals surface area contributed by atoms with Crippen molar-refractivity contribution in [3.05, 3.63) is 28.9 Å².